The molecule has 0 bridgehead atoms. The van der Waals surface area contributed by atoms with Crippen molar-refractivity contribution >= 4 is 17.2 Å². The summed E-state index contributed by atoms with van der Waals surface area (Å²) in [6.45, 7) is 0.272. The van der Waals surface area contributed by atoms with E-state index in [-0.39, 0.29) is 43.8 Å². The maximum atomic E-state index is 12.9. The minimum Gasteiger partial charge on any atom is -0.346 e. The molecule has 4 rings (SSSR count). The number of fused-ring (bicyclic) bond motifs is 1. The van der Waals surface area contributed by atoms with Crippen molar-refractivity contribution in [2.24, 2.45) is 0 Å². The van der Waals surface area contributed by atoms with Gasteiger partial charge in [-0.05, 0) is 34.5 Å². The normalized spacial score (nSPS) is 15.6. The zero-order chi connectivity index (χ0) is 19.0. The smallest absolute Gasteiger partial charge is 0.346 e. The minimum atomic E-state index is -4.55. The number of halogens is 3. The molecule has 0 saturated carbocycles. The number of thiophene rings is 1. The third-order valence-corrected chi connectivity index (χ3v) is 5.34. The Labute approximate surface area is 156 Å². The molecule has 3 aromatic heterocycles. The monoisotopic (exact) mass is 395 g/mol. The summed E-state index contributed by atoms with van der Waals surface area (Å²) in [5.74, 6) is -0.967. The minimum absolute atomic E-state index is 0.0317. The first kappa shape index (κ1) is 17.8. The maximum Gasteiger partial charge on any atom is 0.451 e. The summed E-state index contributed by atoms with van der Waals surface area (Å²) in [6.07, 6.45) is -0.516. The van der Waals surface area contributed by atoms with Crippen LogP contribution < -0.4 is 0 Å². The molecule has 1 aliphatic heterocycles. The first-order valence-electron chi connectivity index (χ1n) is 8.35. The number of aromatic nitrogens is 4. The number of hydrogen-bond donors (Lipinski definition) is 0. The predicted octanol–water partition coefficient (Wildman–Crippen LogP) is 3.18. The summed E-state index contributed by atoms with van der Waals surface area (Å²) < 4.78 is 41.9. The van der Waals surface area contributed by atoms with Gasteiger partial charge < -0.3 is 14.0 Å². The van der Waals surface area contributed by atoms with Crippen LogP contribution in [-0.4, -0.2) is 36.7 Å². The van der Waals surface area contributed by atoms with Crippen LogP contribution in [0.1, 0.15) is 29.7 Å². The Balaban J connectivity index is 1.51. The zero-order valence-corrected chi connectivity index (χ0v) is 15.0. The van der Waals surface area contributed by atoms with Gasteiger partial charge in [-0.2, -0.15) is 24.5 Å². The lowest BCUT2D eigenvalue weighted by molar-refractivity contribution is -0.148. The van der Waals surface area contributed by atoms with Gasteiger partial charge in [0.2, 0.25) is 11.7 Å². The second-order valence-electron chi connectivity index (χ2n) is 6.31. The summed E-state index contributed by atoms with van der Waals surface area (Å²) in [5.41, 5.74) is 1.03. The van der Waals surface area contributed by atoms with Crippen molar-refractivity contribution in [1.82, 2.24) is 24.2 Å². The molecule has 0 saturated heterocycles. The molecule has 1 unspecified atom stereocenters. The molecule has 1 amide bonds. The first-order chi connectivity index (χ1) is 12.9. The fourth-order valence-electron chi connectivity index (χ4n) is 3.29. The molecule has 27 heavy (non-hydrogen) atoms. The molecule has 0 fully saturated rings. The number of hydrogen-bond acceptors (Lipinski definition) is 4. The summed E-state index contributed by atoms with van der Waals surface area (Å²) in [7, 11) is 0. The maximum absolute atomic E-state index is 12.9. The van der Waals surface area contributed by atoms with Gasteiger partial charge in [0, 0.05) is 25.5 Å². The van der Waals surface area contributed by atoms with Crippen molar-refractivity contribution in [2.45, 2.75) is 31.7 Å². The van der Waals surface area contributed by atoms with Crippen LogP contribution >= 0.6 is 11.3 Å². The molecule has 0 aliphatic carbocycles. The van der Waals surface area contributed by atoms with Crippen LogP contribution in [0.2, 0.25) is 0 Å². The van der Waals surface area contributed by atoms with E-state index in [1.165, 1.54) is 0 Å². The summed E-state index contributed by atoms with van der Waals surface area (Å²) in [6, 6.07) is 5.62. The van der Waals surface area contributed by atoms with Gasteiger partial charge in [0.25, 0.3) is 0 Å². The highest BCUT2D eigenvalue weighted by molar-refractivity contribution is 7.08. The van der Waals surface area contributed by atoms with Gasteiger partial charge in [0.05, 0.1) is 19.0 Å². The molecule has 6 nitrogen and oxygen atoms in total. The van der Waals surface area contributed by atoms with Crippen LogP contribution in [0.4, 0.5) is 13.2 Å². The summed E-state index contributed by atoms with van der Waals surface area (Å²) in [4.78, 5) is 14.4. The number of amides is 1. The highest BCUT2D eigenvalue weighted by Gasteiger charge is 2.40. The van der Waals surface area contributed by atoms with Crippen LogP contribution in [0.3, 0.4) is 0 Å². The second-order valence-corrected chi connectivity index (χ2v) is 7.09. The third kappa shape index (κ3) is 3.48. The van der Waals surface area contributed by atoms with Crippen LogP contribution in [0.15, 0.2) is 41.4 Å². The van der Waals surface area contributed by atoms with E-state index in [2.05, 4.69) is 10.2 Å². The predicted molar refractivity (Wildman–Crippen MR) is 91.9 cm³/mol. The van der Waals surface area contributed by atoms with E-state index in [9.17, 15) is 18.0 Å². The molecular weight excluding hydrogens is 379 g/mol. The second kappa shape index (κ2) is 6.84. The van der Waals surface area contributed by atoms with E-state index in [4.69, 9.17) is 0 Å². The van der Waals surface area contributed by atoms with E-state index >= 15 is 0 Å². The van der Waals surface area contributed by atoms with Gasteiger partial charge in [0.15, 0.2) is 5.82 Å². The molecule has 0 N–H and O–H groups in total. The Morgan fingerprint density at radius 2 is 2.00 bits per heavy atom. The van der Waals surface area contributed by atoms with E-state index in [0.29, 0.717) is 0 Å². The Morgan fingerprint density at radius 1 is 1.22 bits per heavy atom. The zero-order valence-electron chi connectivity index (χ0n) is 14.1. The van der Waals surface area contributed by atoms with Gasteiger partial charge in [-0.25, -0.2) is 0 Å². The average Bonchev–Trinajstić information content (AvgIpc) is 3.39. The standard InChI is InChI=1S/C17H16F3N5OS/c18-17(19,20)16-22-21-14-10-24(6-7-25(14)16)15(26)9-13(12-3-8-27-11-12)23-4-1-2-5-23/h1-5,8,11,13H,6-7,9-10H2. The SMILES string of the molecule is O=C(CC(c1ccsc1)n1cccc1)N1CCn2c(nnc2C(F)(F)F)C1. The first-order valence-corrected chi connectivity index (χ1v) is 9.29. The van der Waals surface area contributed by atoms with Gasteiger partial charge in [-0.15, -0.1) is 10.2 Å². The van der Waals surface area contributed by atoms with Crippen molar-refractivity contribution in [3.8, 4) is 0 Å². The van der Waals surface area contributed by atoms with Crippen molar-refractivity contribution in [2.75, 3.05) is 6.54 Å². The van der Waals surface area contributed by atoms with E-state index in [1.807, 2.05) is 45.9 Å². The number of carbonyl (C=O) groups is 1. The molecule has 0 aromatic carbocycles. The van der Waals surface area contributed by atoms with Gasteiger partial charge in [-0.1, -0.05) is 0 Å². The average molecular weight is 395 g/mol. The molecule has 3 aromatic rings. The lowest BCUT2D eigenvalue weighted by Crippen LogP contribution is -2.40. The Kier molecular flexibility index (Phi) is 4.50. The third-order valence-electron chi connectivity index (χ3n) is 4.64. The van der Waals surface area contributed by atoms with Crippen LogP contribution in [0.25, 0.3) is 0 Å². The van der Waals surface area contributed by atoms with Crippen LogP contribution in [-0.2, 0) is 24.1 Å². The molecule has 10 heteroatoms. The van der Waals surface area contributed by atoms with Gasteiger partial charge >= 0.3 is 6.18 Å². The van der Waals surface area contributed by atoms with Crippen molar-refractivity contribution in [3.63, 3.8) is 0 Å². The molecule has 142 valence electrons. The topological polar surface area (TPSA) is 56.0 Å². The number of nitrogens with zero attached hydrogens (tertiary/aromatic N) is 5. The molecular formula is C17H16F3N5OS. The summed E-state index contributed by atoms with van der Waals surface area (Å²) in [5, 5.41) is 10.8. The molecule has 1 aliphatic rings. The Morgan fingerprint density at radius 3 is 2.67 bits per heavy atom. The fraction of sp³-hybridized carbons (Fsp3) is 0.353. The van der Waals surface area contributed by atoms with Crippen LogP contribution in [0, 0.1) is 0 Å². The van der Waals surface area contributed by atoms with Crippen molar-refractivity contribution in [1.29, 1.82) is 0 Å². The van der Waals surface area contributed by atoms with Crippen molar-refractivity contribution < 1.29 is 18.0 Å². The lowest BCUT2D eigenvalue weighted by Gasteiger charge is -2.29. The highest BCUT2D eigenvalue weighted by atomic mass is 32.1. The fourth-order valence-corrected chi connectivity index (χ4v) is 4.00. The molecule has 4 heterocycles. The van der Waals surface area contributed by atoms with Gasteiger partial charge in [-0.3, -0.25) is 4.79 Å². The molecule has 0 radical (unpaired) electrons. The van der Waals surface area contributed by atoms with E-state index in [1.54, 1.807) is 16.2 Å². The van der Waals surface area contributed by atoms with Crippen LogP contribution in [0.5, 0.6) is 0 Å². The van der Waals surface area contributed by atoms with Crippen molar-refractivity contribution in [3.05, 3.63) is 58.6 Å². The number of carbonyl (C=O) groups excluding carboxylic acids is 1. The molecule has 1 atom stereocenters. The quantitative estimate of drug-likeness (QED) is 0.682. The highest BCUT2D eigenvalue weighted by Crippen LogP contribution is 2.30. The number of alkyl halides is 3. The summed E-state index contributed by atoms with van der Waals surface area (Å²) >= 11 is 1.56. The molecule has 0 spiro atoms. The Hall–Kier alpha value is -2.62. The van der Waals surface area contributed by atoms with Gasteiger partial charge in [0.1, 0.15) is 0 Å². The van der Waals surface area contributed by atoms with E-state index in [0.717, 1.165) is 10.1 Å². The number of rotatable bonds is 4. The Bertz CT molecular complexity index is 883. The lowest BCUT2D eigenvalue weighted by atomic mass is 10.1. The van der Waals surface area contributed by atoms with E-state index < -0.39 is 12.0 Å². The largest absolute Gasteiger partial charge is 0.451 e.